The second kappa shape index (κ2) is 10.1. The largest absolute Gasteiger partial charge is 0.480 e. The SMILES string of the molecule is NC(N)=NCC(I)C[C@H](NC(=O)[C@H](N)Cc1ccccc1)C(=O)O. The summed E-state index contributed by atoms with van der Waals surface area (Å²) in [7, 11) is 0. The minimum Gasteiger partial charge on any atom is -0.480 e. The highest BCUT2D eigenvalue weighted by Gasteiger charge is 2.25. The Kier molecular flexibility index (Phi) is 8.47. The monoisotopic (exact) mass is 447 g/mol. The van der Waals surface area contributed by atoms with Gasteiger partial charge in [-0.3, -0.25) is 9.79 Å². The first-order valence-electron chi connectivity index (χ1n) is 7.31. The van der Waals surface area contributed by atoms with E-state index in [-0.39, 0.29) is 22.8 Å². The van der Waals surface area contributed by atoms with E-state index in [9.17, 15) is 14.7 Å². The van der Waals surface area contributed by atoms with E-state index < -0.39 is 24.0 Å². The molecule has 0 aliphatic heterocycles. The van der Waals surface area contributed by atoms with Crippen LogP contribution >= 0.6 is 22.6 Å². The first kappa shape index (κ1) is 20.2. The summed E-state index contributed by atoms with van der Waals surface area (Å²) in [6, 6.07) is 7.42. The third-order valence-electron chi connectivity index (χ3n) is 3.21. The van der Waals surface area contributed by atoms with Crippen molar-refractivity contribution in [3.8, 4) is 0 Å². The Morgan fingerprint density at radius 3 is 2.42 bits per heavy atom. The molecule has 1 rings (SSSR count). The Hall–Kier alpha value is -1.88. The van der Waals surface area contributed by atoms with Crippen LogP contribution < -0.4 is 22.5 Å². The van der Waals surface area contributed by atoms with Gasteiger partial charge >= 0.3 is 5.97 Å². The van der Waals surface area contributed by atoms with Crippen LogP contribution in [0.15, 0.2) is 35.3 Å². The van der Waals surface area contributed by atoms with E-state index in [0.29, 0.717) is 6.42 Å². The van der Waals surface area contributed by atoms with Gasteiger partial charge in [-0.15, -0.1) is 0 Å². The van der Waals surface area contributed by atoms with E-state index in [4.69, 9.17) is 17.2 Å². The fourth-order valence-corrected chi connectivity index (χ4v) is 2.70. The lowest BCUT2D eigenvalue weighted by Gasteiger charge is -2.19. The van der Waals surface area contributed by atoms with E-state index in [1.165, 1.54) is 0 Å². The molecule has 0 aliphatic carbocycles. The number of amides is 1. The number of carbonyl (C=O) groups is 2. The number of guanidine groups is 1. The van der Waals surface area contributed by atoms with Crippen molar-refractivity contribution < 1.29 is 14.7 Å². The second-order valence-electron chi connectivity index (χ2n) is 5.29. The third kappa shape index (κ3) is 7.59. The summed E-state index contributed by atoms with van der Waals surface area (Å²) in [4.78, 5) is 27.3. The van der Waals surface area contributed by atoms with Crippen LogP contribution in [0.5, 0.6) is 0 Å². The van der Waals surface area contributed by atoms with Crippen LogP contribution in [0.1, 0.15) is 12.0 Å². The Labute approximate surface area is 154 Å². The molecule has 8 N–H and O–H groups in total. The maximum absolute atomic E-state index is 12.1. The molecule has 1 unspecified atom stereocenters. The van der Waals surface area contributed by atoms with Gasteiger partial charge in [0.05, 0.1) is 12.6 Å². The summed E-state index contributed by atoms with van der Waals surface area (Å²) in [5.74, 6) is -1.68. The molecular weight excluding hydrogens is 425 g/mol. The van der Waals surface area contributed by atoms with Gasteiger partial charge < -0.3 is 27.6 Å². The molecule has 0 spiro atoms. The van der Waals surface area contributed by atoms with Crippen molar-refractivity contribution in [3.05, 3.63) is 35.9 Å². The highest BCUT2D eigenvalue weighted by atomic mass is 127. The van der Waals surface area contributed by atoms with Gasteiger partial charge in [-0.1, -0.05) is 52.9 Å². The standard InChI is InChI=1S/C15H22IN5O3/c16-10(8-20-15(18)19)7-12(14(23)24)21-13(22)11(17)6-9-4-2-1-3-5-9/h1-5,10-12H,6-8,17H2,(H,21,22)(H,23,24)(H4,18,19,20)/t10?,11-,12+/m1/s1. The molecule has 0 saturated heterocycles. The zero-order valence-electron chi connectivity index (χ0n) is 13.1. The summed E-state index contributed by atoms with van der Waals surface area (Å²) in [5.41, 5.74) is 17.3. The molecule has 24 heavy (non-hydrogen) atoms. The summed E-state index contributed by atoms with van der Waals surface area (Å²) >= 11 is 2.04. The number of hydrogen-bond donors (Lipinski definition) is 5. The maximum Gasteiger partial charge on any atom is 0.326 e. The molecule has 0 saturated carbocycles. The lowest BCUT2D eigenvalue weighted by Crippen LogP contribution is -2.50. The number of carboxylic acid groups (broad SMARTS) is 1. The van der Waals surface area contributed by atoms with E-state index in [1.54, 1.807) is 0 Å². The van der Waals surface area contributed by atoms with Crippen LogP contribution in [0.3, 0.4) is 0 Å². The summed E-state index contributed by atoms with van der Waals surface area (Å²) in [5, 5.41) is 11.8. The molecule has 0 bridgehead atoms. The van der Waals surface area contributed by atoms with E-state index >= 15 is 0 Å². The van der Waals surface area contributed by atoms with Crippen LogP contribution in [0.2, 0.25) is 0 Å². The van der Waals surface area contributed by atoms with Crippen molar-refractivity contribution in [2.24, 2.45) is 22.2 Å². The zero-order valence-corrected chi connectivity index (χ0v) is 15.2. The van der Waals surface area contributed by atoms with Crippen molar-refractivity contribution in [1.29, 1.82) is 0 Å². The number of nitrogens with one attached hydrogen (secondary N) is 1. The number of hydrogen-bond acceptors (Lipinski definition) is 4. The highest BCUT2D eigenvalue weighted by Crippen LogP contribution is 2.11. The van der Waals surface area contributed by atoms with Gasteiger partial charge in [0.2, 0.25) is 5.91 Å². The van der Waals surface area contributed by atoms with Crippen molar-refractivity contribution in [2.45, 2.75) is 28.8 Å². The minimum atomic E-state index is -1.12. The Balaban J connectivity index is 2.58. The quantitative estimate of drug-likeness (QED) is 0.150. The summed E-state index contributed by atoms with van der Waals surface area (Å²) in [6.07, 6.45) is 0.525. The maximum atomic E-state index is 12.1. The first-order chi connectivity index (χ1) is 11.3. The first-order valence-corrected chi connectivity index (χ1v) is 8.56. The molecule has 0 fully saturated rings. The van der Waals surface area contributed by atoms with Crippen molar-refractivity contribution in [2.75, 3.05) is 6.54 Å². The van der Waals surface area contributed by atoms with Crippen LogP contribution in [0, 0.1) is 0 Å². The fraction of sp³-hybridized carbons (Fsp3) is 0.400. The number of nitrogens with zero attached hydrogens (tertiary/aromatic N) is 1. The topological polar surface area (TPSA) is 157 Å². The number of carboxylic acids is 1. The molecule has 8 nitrogen and oxygen atoms in total. The predicted molar refractivity (Wildman–Crippen MR) is 101 cm³/mol. The van der Waals surface area contributed by atoms with Gasteiger partial charge in [0, 0.05) is 3.92 Å². The molecule has 132 valence electrons. The van der Waals surface area contributed by atoms with Gasteiger partial charge in [-0.25, -0.2) is 4.79 Å². The average molecular weight is 447 g/mol. The number of carbonyl (C=O) groups excluding carboxylic acids is 1. The Bertz CT molecular complexity index is 578. The van der Waals surface area contributed by atoms with Crippen LogP contribution in [-0.2, 0) is 16.0 Å². The lowest BCUT2D eigenvalue weighted by atomic mass is 10.1. The smallest absolute Gasteiger partial charge is 0.326 e. The number of nitrogens with two attached hydrogens (primary N) is 3. The van der Waals surface area contributed by atoms with Gasteiger partial charge in [-0.05, 0) is 18.4 Å². The highest BCUT2D eigenvalue weighted by molar-refractivity contribution is 14.1. The molecule has 3 atom stereocenters. The number of aliphatic imine (C=N–C) groups is 1. The minimum absolute atomic E-state index is 0.0579. The molecule has 0 aromatic heterocycles. The van der Waals surface area contributed by atoms with Gasteiger partial charge in [0.1, 0.15) is 6.04 Å². The van der Waals surface area contributed by atoms with E-state index in [2.05, 4.69) is 10.3 Å². The third-order valence-corrected chi connectivity index (χ3v) is 4.12. The molecule has 1 amide bonds. The summed E-state index contributed by atoms with van der Waals surface area (Å²) < 4.78 is -0.142. The Morgan fingerprint density at radius 1 is 1.25 bits per heavy atom. The molecule has 1 aromatic carbocycles. The molecular formula is C15H22IN5O3. The van der Waals surface area contributed by atoms with Crippen molar-refractivity contribution in [3.63, 3.8) is 0 Å². The lowest BCUT2D eigenvalue weighted by molar-refractivity contribution is -0.142. The van der Waals surface area contributed by atoms with Gasteiger partial charge in [-0.2, -0.15) is 0 Å². The molecule has 1 aromatic rings. The van der Waals surface area contributed by atoms with E-state index in [1.807, 2.05) is 52.9 Å². The van der Waals surface area contributed by atoms with Crippen molar-refractivity contribution in [1.82, 2.24) is 5.32 Å². The van der Waals surface area contributed by atoms with Crippen LogP contribution in [0.4, 0.5) is 0 Å². The van der Waals surface area contributed by atoms with Gasteiger partial charge in [0.25, 0.3) is 0 Å². The fourth-order valence-electron chi connectivity index (χ4n) is 2.00. The summed E-state index contributed by atoms with van der Waals surface area (Å²) in [6.45, 7) is 0.276. The van der Waals surface area contributed by atoms with Gasteiger partial charge in [0.15, 0.2) is 5.96 Å². The van der Waals surface area contributed by atoms with Crippen LogP contribution in [0.25, 0.3) is 0 Å². The number of alkyl halides is 1. The second-order valence-corrected chi connectivity index (χ2v) is 7.06. The normalized spacial score (nSPS) is 14.2. The predicted octanol–water partition coefficient (Wildman–Crippen LogP) is -0.407. The number of aliphatic carboxylic acids is 1. The average Bonchev–Trinajstić information content (AvgIpc) is 2.53. The molecule has 9 heteroatoms. The van der Waals surface area contributed by atoms with E-state index in [0.717, 1.165) is 5.56 Å². The number of benzene rings is 1. The number of rotatable bonds is 9. The molecule has 0 heterocycles. The van der Waals surface area contributed by atoms with Crippen LogP contribution in [-0.4, -0.2) is 45.5 Å². The molecule has 0 aliphatic rings. The Morgan fingerprint density at radius 2 is 1.88 bits per heavy atom. The zero-order chi connectivity index (χ0) is 18.1. The van der Waals surface area contributed by atoms with Crippen molar-refractivity contribution >= 4 is 40.4 Å². The molecule has 0 radical (unpaired) electrons. The number of halogens is 1.